The van der Waals surface area contributed by atoms with Crippen molar-refractivity contribution in [1.82, 2.24) is 0 Å². The lowest BCUT2D eigenvalue weighted by Crippen LogP contribution is -2.32. The number of anilines is 2. The van der Waals surface area contributed by atoms with Crippen LogP contribution in [0, 0.1) is 0 Å². The molecule has 0 fully saturated rings. The number of amidine groups is 1. The lowest BCUT2D eigenvalue weighted by molar-refractivity contribution is 0.312. The number of halogens is 1. The molecule has 0 unspecified atom stereocenters. The molecule has 5 heteroatoms. The average Bonchev–Trinajstić information content (AvgIpc) is 2.41. The number of nitrogens with one attached hydrogen (secondary N) is 1. The van der Waals surface area contributed by atoms with Gasteiger partial charge in [-0.3, -0.25) is 10.6 Å². The van der Waals surface area contributed by atoms with Gasteiger partial charge in [0.2, 0.25) is 0 Å². The van der Waals surface area contributed by atoms with Crippen LogP contribution in [-0.4, -0.2) is 11.0 Å². The maximum Gasteiger partial charge on any atom is 0.184 e. The minimum absolute atomic E-state index is 0.436. The number of para-hydroxylation sites is 2. The summed E-state index contributed by atoms with van der Waals surface area (Å²) in [7, 11) is 0. The highest BCUT2D eigenvalue weighted by molar-refractivity contribution is 6.30. The minimum atomic E-state index is 0.436. The molecule has 0 atom stereocenters. The van der Waals surface area contributed by atoms with E-state index in [1.165, 1.54) is 0 Å². The summed E-state index contributed by atoms with van der Waals surface area (Å²) in [6, 6.07) is 14.5. The Kier molecular flexibility index (Phi) is 2.66. The first kappa shape index (κ1) is 11.1. The number of hydrogen-bond acceptors (Lipinski definition) is 4. The predicted molar refractivity (Wildman–Crippen MR) is 72.3 cm³/mol. The zero-order valence-electron chi connectivity index (χ0n) is 9.34. The molecule has 1 aliphatic rings. The second-order valence-electron chi connectivity index (χ2n) is 3.88. The third kappa shape index (κ3) is 1.81. The maximum atomic E-state index is 10.2. The van der Waals surface area contributed by atoms with Crippen molar-refractivity contribution in [3.8, 4) is 0 Å². The van der Waals surface area contributed by atoms with Crippen LogP contribution in [0.3, 0.4) is 0 Å². The Bertz CT molecular complexity index is 610. The smallest absolute Gasteiger partial charge is 0.184 e. The highest BCUT2D eigenvalue weighted by Gasteiger charge is 2.20. The minimum Gasteiger partial charge on any atom is -0.282 e. The van der Waals surface area contributed by atoms with Crippen molar-refractivity contribution in [2.75, 3.05) is 10.5 Å². The molecule has 0 aliphatic carbocycles. The Morgan fingerprint density at radius 2 is 1.78 bits per heavy atom. The third-order valence-electron chi connectivity index (χ3n) is 2.72. The van der Waals surface area contributed by atoms with Crippen LogP contribution >= 0.6 is 11.6 Å². The molecule has 0 aromatic heterocycles. The van der Waals surface area contributed by atoms with E-state index in [1.54, 1.807) is 24.3 Å². The number of benzene rings is 2. The van der Waals surface area contributed by atoms with Gasteiger partial charge < -0.3 is 0 Å². The van der Waals surface area contributed by atoms with E-state index < -0.39 is 0 Å². The predicted octanol–water partition coefficient (Wildman–Crippen LogP) is 3.32. The quantitative estimate of drug-likeness (QED) is 0.826. The van der Waals surface area contributed by atoms with E-state index in [2.05, 4.69) is 10.5 Å². The molecule has 0 saturated heterocycles. The van der Waals surface area contributed by atoms with Gasteiger partial charge in [0.1, 0.15) is 0 Å². The normalized spacial score (nSPS) is 13.7. The third-order valence-corrected chi connectivity index (χ3v) is 2.97. The average molecular weight is 260 g/mol. The van der Waals surface area contributed by atoms with E-state index in [0.29, 0.717) is 16.5 Å². The van der Waals surface area contributed by atoms with Crippen molar-refractivity contribution in [2.24, 2.45) is 5.10 Å². The lowest BCUT2D eigenvalue weighted by atomic mass is 10.1. The van der Waals surface area contributed by atoms with Crippen LogP contribution < -0.4 is 10.5 Å². The van der Waals surface area contributed by atoms with Gasteiger partial charge in [0, 0.05) is 10.6 Å². The summed E-state index contributed by atoms with van der Waals surface area (Å²) >= 11 is 5.84. The molecule has 1 aliphatic heterocycles. The SMILES string of the molecule is ON1C(c2ccc(Cl)cc2)=NNc2ccccc21. The van der Waals surface area contributed by atoms with Crippen LogP contribution in [0.25, 0.3) is 0 Å². The van der Waals surface area contributed by atoms with Crippen LogP contribution in [0.1, 0.15) is 5.56 Å². The summed E-state index contributed by atoms with van der Waals surface area (Å²) in [5, 5.41) is 16.0. The van der Waals surface area contributed by atoms with Gasteiger partial charge in [0.25, 0.3) is 0 Å². The van der Waals surface area contributed by atoms with Crippen molar-refractivity contribution in [3.05, 3.63) is 59.1 Å². The van der Waals surface area contributed by atoms with Crippen molar-refractivity contribution >= 4 is 28.8 Å². The summed E-state index contributed by atoms with van der Waals surface area (Å²) in [6.45, 7) is 0. The standard InChI is InChI=1S/C13H10ClN3O/c14-10-7-5-9(6-8-10)13-16-15-11-3-1-2-4-12(11)17(13)18/h1-8,15,18H. The zero-order chi connectivity index (χ0) is 12.5. The Morgan fingerprint density at radius 3 is 2.56 bits per heavy atom. The monoisotopic (exact) mass is 259 g/mol. The molecule has 2 N–H and O–H groups in total. The van der Waals surface area contributed by atoms with E-state index >= 15 is 0 Å². The Hall–Kier alpha value is -2.04. The molecular formula is C13H10ClN3O. The van der Waals surface area contributed by atoms with Gasteiger partial charge in [0.15, 0.2) is 5.84 Å². The molecule has 90 valence electrons. The number of nitrogens with zero attached hydrogens (tertiary/aromatic N) is 2. The Morgan fingerprint density at radius 1 is 1.06 bits per heavy atom. The van der Waals surface area contributed by atoms with E-state index in [9.17, 15) is 5.21 Å². The maximum absolute atomic E-state index is 10.2. The van der Waals surface area contributed by atoms with E-state index in [0.717, 1.165) is 16.3 Å². The molecule has 0 saturated carbocycles. The Labute approximate surface area is 109 Å². The summed E-state index contributed by atoms with van der Waals surface area (Å²) in [6.07, 6.45) is 0. The topological polar surface area (TPSA) is 47.9 Å². The van der Waals surface area contributed by atoms with Gasteiger partial charge in [0.05, 0.1) is 11.4 Å². The van der Waals surface area contributed by atoms with Gasteiger partial charge in [-0.1, -0.05) is 23.7 Å². The highest BCUT2D eigenvalue weighted by atomic mass is 35.5. The molecule has 0 bridgehead atoms. The summed E-state index contributed by atoms with van der Waals surface area (Å²) in [4.78, 5) is 0. The molecule has 2 aromatic rings. The number of fused-ring (bicyclic) bond motifs is 1. The molecule has 2 aromatic carbocycles. The van der Waals surface area contributed by atoms with Crippen molar-refractivity contribution < 1.29 is 5.21 Å². The first-order chi connectivity index (χ1) is 8.75. The first-order valence-electron chi connectivity index (χ1n) is 5.43. The van der Waals surface area contributed by atoms with Crippen LogP contribution in [0.5, 0.6) is 0 Å². The second kappa shape index (κ2) is 4.33. The zero-order valence-corrected chi connectivity index (χ0v) is 10.1. The summed E-state index contributed by atoms with van der Waals surface area (Å²) in [5.74, 6) is 0.436. The fraction of sp³-hybridized carbons (Fsp3) is 0. The Balaban J connectivity index is 2.01. The highest BCUT2D eigenvalue weighted by Crippen LogP contribution is 2.29. The summed E-state index contributed by atoms with van der Waals surface area (Å²) < 4.78 is 0. The molecule has 0 spiro atoms. The van der Waals surface area contributed by atoms with Crippen LogP contribution in [0.2, 0.25) is 5.02 Å². The fourth-order valence-corrected chi connectivity index (χ4v) is 1.94. The van der Waals surface area contributed by atoms with Crippen molar-refractivity contribution in [2.45, 2.75) is 0 Å². The number of hydroxylamine groups is 1. The van der Waals surface area contributed by atoms with Crippen LogP contribution in [0.4, 0.5) is 11.4 Å². The number of hydrazone groups is 1. The molecule has 3 rings (SSSR count). The molecule has 18 heavy (non-hydrogen) atoms. The lowest BCUT2D eigenvalue weighted by Gasteiger charge is -2.25. The molecule has 0 amide bonds. The second-order valence-corrected chi connectivity index (χ2v) is 4.32. The van der Waals surface area contributed by atoms with Gasteiger partial charge in [-0.15, -0.1) is 0 Å². The van der Waals surface area contributed by atoms with Gasteiger partial charge in [-0.2, -0.15) is 5.10 Å². The molecular weight excluding hydrogens is 250 g/mol. The summed E-state index contributed by atoms with van der Waals surface area (Å²) in [5.41, 5.74) is 5.12. The van der Waals surface area contributed by atoms with Crippen LogP contribution in [0.15, 0.2) is 53.6 Å². The number of hydrogen-bond donors (Lipinski definition) is 2. The molecule has 1 heterocycles. The van der Waals surface area contributed by atoms with E-state index in [-0.39, 0.29) is 0 Å². The molecule has 4 nitrogen and oxygen atoms in total. The molecule has 0 radical (unpaired) electrons. The van der Waals surface area contributed by atoms with Gasteiger partial charge in [-0.25, -0.2) is 5.06 Å². The van der Waals surface area contributed by atoms with Gasteiger partial charge in [-0.05, 0) is 36.4 Å². The fourth-order valence-electron chi connectivity index (χ4n) is 1.81. The van der Waals surface area contributed by atoms with Crippen molar-refractivity contribution in [1.29, 1.82) is 0 Å². The van der Waals surface area contributed by atoms with Crippen LogP contribution in [-0.2, 0) is 0 Å². The largest absolute Gasteiger partial charge is 0.282 e. The van der Waals surface area contributed by atoms with Gasteiger partial charge >= 0.3 is 0 Å². The van der Waals surface area contributed by atoms with E-state index in [4.69, 9.17) is 11.6 Å². The first-order valence-corrected chi connectivity index (χ1v) is 5.81. The number of rotatable bonds is 1. The van der Waals surface area contributed by atoms with E-state index in [1.807, 2.05) is 24.3 Å². The van der Waals surface area contributed by atoms with Crippen molar-refractivity contribution in [3.63, 3.8) is 0 Å².